The molecule has 2 heteroatoms. The largest absolute Gasteiger partial charge is 0.334 e. The Labute approximate surface area is 126 Å². The number of nitrogens with zero attached hydrogens (tertiary/aromatic N) is 1. The predicted molar refractivity (Wildman–Crippen MR) is 85.0 cm³/mol. The normalized spacial score (nSPS) is 21.2. The molecule has 2 aromatic rings. The van der Waals surface area contributed by atoms with Crippen molar-refractivity contribution in [1.29, 1.82) is 0 Å². The first kappa shape index (κ1) is 13.9. The van der Waals surface area contributed by atoms with Gasteiger partial charge in [-0.1, -0.05) is 74.0 Å². The summed E-state index contributed by atoms with van der Waals surface area (Å²) in [5, 5.41) is 0. The Morgan fingerprint density at radius 2 is 1.48 bits per heavy atom. The van der Waals surface area contributed by atoms with Crippen molar-refractivity contribution in [1.82, 2.24) is 4.90 Å². The summed E-state index contributed by atoms with van der Waals surface area (Å²) in [6, 6.07) is 20.7. The number of carbonyl (C=O) groups is 1. The zero-order valence-electron chi connectivity index (χ0n) is 12.4. The van der Waals surface area contributed by atoms with Crippen LogP contribution in [0.2, 0.25) is 0 Å². The van der Waals surface area contributed by atoms with Gasteiger partial charge in [0, 0.05) is 6.54 Å². The standard InChI is InChI=1S/C19H21NO/c1-2-3-14-20-18(16-12-8-5-9-13-16)17(19(20)21)15-10-6-4-7-11-15/h4-13,17-18H,2-3,14H2,1H3/t17-,18-/m0/s1. The van der Waals surface area contributed by atoms with Gasteiger partial charge in [0.1, 0.15) is 0 Å². The van der Waals surface area contributed by atoms with Gasteiger partial charge in [-0.25, -0.2) is 0 Å². The Kier molecular flexibility index (Phi) is 4.05. The molecular formula is C19H21NO. The average molecular weight is 279 g/mol. The van der Waals surface area contributed by atoms with Gasteiger partial charge in [0.15, 0.2) is 0 Å². The van der Waals surface area contributed by atoms with Crippen molar-refractivity contribution in [3.8, 4) is 0 Å². The number of hydrogen-bond acceptors (Lipinski definition) is 1. The van der Waals surface area contributed by atoms with Crippen LogP contribution in [0.5, 0.6) is 0 Å². The Morgan fingerprint density at radius 3 is 2.05 bits per heavy atom. The lowest BCUT2D eigenvalue weighted by atomic mass is 9.77. The van der Waals surface area contributed by atoms with Crippen LogP contribution in [0.1, 0.15) is 42.9 Å². The number of hydrogen-bond donors (Lipinski definition) is 0. The molecule has 1 heterocycles. The van der Waals surface area contributed by atoms with Gasteiger partial charge >= 0.3 is 0 Å². The van der Waals surface area contributed by atoms with Gasteiger partial charge in [0.25, 0.3) is 0 Å². The summed E-state index contributed by atoms with van der Waals surface area (Å²) in [5.74, 6) is 0.244. The van der Waals surface area contributed by atoms with E-state index in [1.54, 1.807) is 0 Å². The third-order valence-electron chi connectivity index (χ3n) is 4.25. The molecule has 0 aromatic heterocycles. The monoisotopic (exact) mass is 279 g/mol. The Balaban J connectivity index is 1.91. The summed E-state index contributed by atoms with van der Waals surface area (Å²) >= 11 is 0. The molecule has 0 aliphatic carbocycles. The molecule has 1 fully saturated rings. The fraction of sp³-hybridized carbons (Fsp3) is 0.316. The molecule has 3 rings (SSSR count). The molecule has 0 N–H and O–H groups in total. The molecule has 108 valence electrons. The van der Waals surface area contributed by atoms with Crippen LogP contribution in [0.15, 0.2) is 60.7 Å². The van der Waals surface area contributed by atoms with Crippen LogP contribution in [-0.2, 0) is 4.79 Å². The van der Waals surface area contributed by atoms with E-state index < -0.39 is 0 Å². The van der Waals surface area contributed by atoms with Crippen molar-refractivity contribution in [3.05, 3.63) is 71.8 Å². The zero-order valence-corrected chi connectivity index (χ0v) is 12.4. The highest BCUT2D eigenvalue weighted by molar-refractivity contribution is 5.91. The number of carbonyl (C=O) groups excluding carboxylic acids is 1. The molecule has 21 heavy (non-hydrogen) atoms. The quantitative estimate of drug-likeness (QED) is 0.753. The number of benzene rings is 2. The molecule has 0 spiro atoms. The van der Waals surface area contributed by atoms with Crippen molar-refractivity contribution in [2.75, 3.05) is 6.54 Å². The smallest absolute Gasteiger partial charge is 0.233 e. The third kappa shape index (κ3) is 2.58. The number of unbranched alkanes of at least 4 members (excludes halogenated alkanes) is 1. The van der Waals surface area contributed by atoms with Gasteiger partial charge in [0.2, 0.25) is 5.91 Å². The second-order valence-corrected chi connectivity index (χ2v) is 5.63. The summed E-state index contributed by atoms with van der Waals surface area (Å²) in [5.41, 5.74) is 2.37. The minimum Gasteiger partial charge on any atom is -0.334 e. The van der Waals surface area contributed by atoms with Gasteiger partial charge in [0.05, 0.1) is 12.0 Å². The highest BCUT2D eigenvalue weighted by Gasteiger charge is 2.47. The minimum atomic E-state index is -0.0227. The van der Waals surface area contributed by atoms with Crippen molar-refractivity contribution < 1.29 is 4.79 Å². The maximum absolute atomic E-state index is 12.6. The summed E-state index contributed by atoms with van der Waals surface area (Å²) < 4.78 is 0. The van der Waals surface area contributed by atoms with Crippen molar-refractivity contribution >= 4 is 5.91 Å². The fourth-order valence-corrected chi connectivity index (χ4v) is 3.13. The van der Waals surface area contributed by atoms with E-state index in [0.717, 1.165) is 24.9 Å². The van der Waals surface area contributed by atoms with Crippen LogP contribution >= 0.6 is 0 Å². The van der Waals surface area contributed by atoms with E-state index in [2.05, 4.69) is 43.3 Å². The summed E-state index contributed by atoms with van der Waals surface area (Å²) in [7, 11) is 0. The van der Waals surface area contributed by atoms with Crippen LogP contribution in [0.4, 0.5) is 0 Å². The van der Waals surface area contributed by atoms with Gasteiger partial charge in [-0.2, -0.15) is 0 Å². The van der Waals surface area contributed by atoms with Crippen LogP contribution in [0.3, 0.4) is 0 Å². The van der Waals surface area contributed by atoms with Crippen molar-refractivity contribution in [2.45, 2.75) is 31.7 Å². The fourth-order valence-electron chi connectivity index (χ4n) is 3.13. The summed E-state index contributed by atoms with van der Waals surface area (Å²) in [6.45, 7) is 3.02. The molecule has 1 saturated heterocycles. The molecular weight excluding hydrogens is 258 g/mol. The van der Waals surface area contributed by atoms with E-state index >= 15 is 0 Å². The van der Waals surface area contributed by atoms with Crippen LogP contribution in [-0.4, -0.2) is 17.4 Å². The highest BCUT2D eigenvalue weighted by Crippen LogP contribution is 2.46. The van der Waals surface area contributed by atoms with Crippen LogP contribution in [0, 0.1) is 0 Å². The zero-order chi connectivity index (χ0) is 14.7. The molecule has 0 radical (unpaired) electrons. The lowest BCUT2D eigenvalue weighted by Gasteiger charge is -2.48. The average Bonchev–Trinajstić information content (AvgIpc) is 2.54. The first-order valence-corrected chi connectivity index (χ1v) is 7.73. The predicted octanol–water partition coefficient (Wildman–Crippen LogP) is 4.15. The molecule has 0 bridgehead atoms. The highest BCUT2D eigenvalue weighted by atomic mass is 16.2. The third-order valence-corrected chi connectivity index (χ3v) is 4.25. The molecule has 1 aliphatic heterocycles. The number of likely N-dealkylation sites (tertiary alicyclic amines) is 1. The van der Waals surface area contributed by atoms with E-state index in [1.807, 2.05) is 29.2 Å². The second-order valence-electron chi connectivity index (χ2n) is 5.63. The van der Waals surface area contributed by atoms with Gasteiger partial charge in [-0.3, -0.25) is 4.79 Å². The second kappa shape index (κ2) is 6.13. The van der Waals surface area contributed by atoms with E-state index in [4.69, 9.17) is 0 Å². The van der Waals surface area contributed by atoms with Gasteiger partial charge < -0.3 is 4.90 Å². The first-order valence-electron chi connectivity index (χ1n) is 7.73. The van der Waals surface area contributed by atoms with Gasteiger partial charge in [-0.05, 0) is 17.5 Å². The van der Waals surface area contributed by atoms with Crippen molar-refractivity contribution in [2.24, 2.45) is 0 Å². The molecule has 1 amide bonds. The first-order chi connectivity index (χ1) is 10.3. The van der Waals surface area contributed by atoms with Crippen LogP contribution < -0.4 is 0 Å². The molecule has 1 aliphatic rings. The van der Waals surface area contributed by atoms with Crippen LogP contribution in [0.25, 0.3) is 0 Å². The lowest BCUT2D eigenvalue weighted by Crippen LogP contribution is -2.53. The Hall–Kier alpha value is -2.09. The van der Waals surface area contributed by atoms with E-state index in [9.17, 15) is 4.79 Å². The Morgan fingerprint density at radius 1 is 0.905 bits per heavy atom. The molecule has 2 nitrogen and oxygen atoms in total. The maximum atomic E-state index is 12.6. The maximum Gasteiger partial charge on any atom is 0.233 e. The summed E-state index contributed by atoms with van der Waals surface area (Å²) in [6.07, 6.45) is 2.18. The van der Waals surface area contributed by atoms with E-state index in [-0.39, 0.29) is 17.9 Å². The number of amides is 1. The minimum absolute atomic E-state index is 0.0227. The number of β-lactam (4-membered cyclic amide) rings is 1. The molecule has 2 aromatic carbocycles. The van der Waals surface area contributed by atoms with Gasteiger partial charge in [-0.15, -0.1) is 0 Å². The Bertz CT molecular complexity index is 593. The topological polar surface area (TPSA) is 20.3 Å². The van der Waals surface area contributed by atoms with Crippen molar-refractivity contribution in [3.63, 3.8) is 0 Å². The van der Waals surface area contributed by atoms with E-state index in [0.29, 0.717) is 0 Å². The lowest BCUT2D eigenvalue weighted by molar-refractivity contribution is -0.150. The molecule has 2 atom stereocenters. The number of rotatable bonds is 5. The van der Waals surface area contributed by atoms with E-state index in [1.165, 1.54) is 5.56 Å². The SMILES string of the molecule is CCCCN1C(=O)[C@@H](c2ccccc2)[C@@H]1c1ccccc1. The molecule has 0 saturated carbocycles. The summed E-state index contributed by atoms with van der Waals surface area (Å²) in [4.78, 5) is 14.6. The molecule has 0 unspecified atom stereocenters.